The lowest BCUT2D eigenvalue weighted by atomic mass is 10.3. The van der Waals surface area contributed by atoms with Gasteiger partial charge in [-0.1, -0.05) is 44.0 Å². The van der Waals surface area contributed by atoms with E-state index in [9.17, 15) is 4.79 Å². The molecule has 2 rings (SSSR count). The van der Waals surface area contributed by atoms with Crippen LogP contribution in [0.15, 0.2) is 53.0 Å². The van der Waals surface area contributed by atoms with Crippen molar-refractivity contribution >= 4 is 43.5 Å². The fourth-order valence-electron chi connectivity index (χ4n) is 1.47. The highest BCUT2D eigenvalue weighted by Gasteiger charge is 2.07. The maximum Gasteiger partial charge on any atom is 0.235 e. The third-order valence-corrected chi connectivity index (χ3v) is 3.36. The highest BCUT2D eigenvalue weighted by atomic mass is 79.9. The number of carbonyl (C=O) groups is 1. The number of benzene rings is 2. The first-order chi connectivity index (χ1) is 9.19. The van der Waals surface area contributed by atoms with Gasteiger partial charge >= 0.3 is 0 Å². The molecule has 0 saturated carbocycles. The van der Waals surface area contributed by atoms with Crippen molar-refractivity contribution in [2.24, 2.45) is 0 Å². The highest BCUT2D eigenvalue weighted by Crippen LogP contribution is 2.29. The molecule has 0 aliphatic carbocycles. The minimum Gasteiger partial charge on any atom is -0.455 e. The normalized spacial score (nSPS) is 10.0. The molecule has 0 fully saturated rings. The summed E-state index contributed by atoms with van der Waals surface area (Å²) in [7, 11) is 0. The second-order valence-electron chi connectivity index (χ2n) is 3.73. The van der Waals surface area contributed by atoms with Gasteiger partial charge in [0.15, 0.2) is 5.75 Å². The predicted octanol–water partition coefficient (Wildman–Crippen LogP) is 4.57. The van der Waals surface area contributed by atoms with Crippen LogP contribution in [0.25, 0.3) is 0 Å². The Morgan fingerprint density at radius 3 is 2.47 bits per heavy atom. The second-order valence-corrected chi connectivity index (χ2v) is 5.21. The van der Waals surface area contributed by atoms with Crippen LogP contribution in [0, 0.1) is 0 Å². The zero-order chi connectivity index (χ0) is 13.7. The maximum absolute atomic E-state index is 11.4. The Morgan fingerprint density at radius 2 is 1.79 bits per heavy atom. The van der Waals surface area contributed by atoms with Gasteiger partial charge < -0.3 is 10.1 Å². The van der Waals surface area contributed by atoms with Crippen molar-refractivity contribution < 1.29 is 9.53 Å². The van der Waals surface area contributed by atoms with Crippen LogP contribution in [0.1, 0.15) is 0 Å². The number of hydrogen-bond acceptors (Lipinski definition) is 2. The number of ether oxygens (including phenoxy) is 1. The molecule has 0 atom stereocenters. The number of amides is 1. The summed E-state index contributed by atoms with van der Waals surface area (Å²) in [5.74, 6) is 1.20. The van der Waals surface area contributed by atoms with Gasteiger partial charge in [-0.25, -0.2) is 0 Å². The SMILES string of the molecule is O=C(CBr)Nc1ccccc1Oc1ccc(Br)cc1. The minimum atomic E-state index is -0.119. The summed E-state index contributed by atoms with van der Waals surface area (Å²) in [6.45, 7) is 0. The van der Waals surface area contributed by atoms with E-state index in [0.717, 1.165) is 4.47 Å². The Hall–Kier alpha value is -1.33. The zero-order valence-electron chi connectivity index (χ0n) is 9.90. The summed E-state index contributed by atoms with van der Waals surface area (Å²) in [4.78, 5) is 11.4. The molecule has 0 heterocycles. The molecular weight excluding hydrogens is 374 g/mol. The Kier molecular flexibility index (Phi) is 4.99. The third-order valence-electron chi connectivity index (χ3n) is 2.32. The average molecular weight is 385 g/mol. The third kappa shape index (κ3) is 4.08. The number of halogens is 2. The fourth-order valence-corrected chi connectivity index (χ4v) is 1.88. The first-order valence-electron chi connectivity index (χ1n) is 5.57. The van der Waals surface area contributed by atoms with Crippen molar-refractivity contribution in [1.29, 1.82) is 0 Å². The molecule has 0 bridgehead atoms. The molecule has 2 aromatic carbocycles. The Bertz CT molecular complexity index is 570. The van der Waals surface area contributed by atoms with E-state index >= 15 is 0 Å². The van der Waals surface area contributed by atoms with Gasteiger partial charge in [0, 0.05) is 4.47 Å². The van der Waals surface area contributed by atoms with Crippen molar-refractivity contribution in [2.45, 2.75) is 0 Å². The monoisotopic (exact) mass is 383 g/mol. The Morgan fingerprint density at radius 1 is 1.11 bits per heavy atom. The molecule has 98 valence electrons. The van der Waals surface area contributed by atoms with Crippen LogP contribution in [0.4, 0.5) is 5.69 Å². The van der Waals surface area contributed by atoms with Gasteiger partial charge in [0.25, 0.3) is 0 Å². The number of hydrogen-bond donors (Lipinski definition) is 1. The van der Waals surface area contributed by atoms with Gasteiger partial charge in [-0.3, -0.25) is 4.79 Å². The first kappa shape index (κ1) is 14.1. The zero-order valence-corrected chi connectivity index (χ0v) is 13.1. The van der Waals surface area contributed by atoms with E-state index in [1.165, 1.54) is 0 Å². The minimum absolute atomic E-state index is 0.119. The molecule has 0 aliphatic heterocycles. The van der Waals surface area contributed by atoms with E-state index in [4.69, 9.17) is 4.74 Å². The smallest absolute Gasteiger partial charge is 0.235 e. The molecule has 2 aromatic rings. The lowest BCUT2D eigenvalue weighted by Gasteiger charge is -2.11. The molecule has 0 aromatic heterocycles. The van der Waals surface area contributed by atoms with Crippen LogP contribution in [0.5, 0.6) is 11.5 Å². The number of carbonyl (C=O) groups excluding carboxylic acids is 1. The second kappa shape index (κ2) is 6.73. The van der Waals surface area contributed by atoms with Gasteiger partial charge in [0.05, 0.1) is 11.0 Å². The summed E-state index contributed by atoms with van der Waals surface area (Å²) >= 11 is 6.48. The molecule has 3 nitrogen and oxygen atoms in total. The van der Waals surface area contributed by atoms with Gasteiger partial charge in [-0.15, -0.1) is 0 Å². The lowest BCUT2D eigenvalue weighted by molar-refractivity contribution is -0.113. The quantitative estimate of drug-likeness (QED) is 0.783. The summed E-state index contributed by atoms with van der Waals surface area (Å²) in [5.41, 5.74) is 0.648. The Labute approximate surface area is 128 Å². The van der Waals surface area contributed by atoms with E-state index in [0.29, 0.717) is 17.2 Å². The number of para-hydroxylation sites is 2. The maximum atomic E-state index is 11.4. The topological polar surface area (TPSA) is 38.3 Å². The van der Waals surface area contributed by atoms with Crippen LogP contribution in [0.3, 0.4) is 0 Å². The predicted molar refractivity (Wildman–Crippen MR) is 83.1 cm³/mol. The van der Waals surface area contributed by atoms with Gasteiger partial charge in [-0.2, -0.15) is 0 Å². The summed E-state index contributed by atoms with van der Waals surface area (Å²) in [5, 5.41) is 3.02. The van der Waals surface area contributed by atoms with Crippen molar-refractivity contribution in [2.75, 3.05) is 10.6 Å². The molecular formula is C14H11Br2NO2. The molecule has 1 N–H and O–H groups in total. The van der Waals surface area contributed by atoms with Crippen LogP contribution < -0.4 is 10.1 Å². The molecule has 0 radical (unpaired) electrons. The lowest BCUT2D eigenvalue weighted by Crippen LogP contribution is -2.12. The molecule has 5 heteroatoms. The van der Waals surface area contributed by atoms with Crippen LogP contribution in [0.2, 0.25) is 0 Å². The van der Waals surface area contributed by atoms with E-state index in [1.54, 1.807) is 6.07 Å². The van der Waals surface area contributed by atoms with Crippen molar-refractivity contribution in [3.63, 3.8) is 0 Å². The summed E-state index contributed by atoms with van der Waals surface area (Å²) in [6.07, 6.45) is 0. The van der Waals surface area contributed by atoms with E-state index in [-0.39, 0.29) is 11.2 Å². The summed E-state index contributed by atoms with van der Waals surface area (Å²) in [6, 6.07) is 14.8. The average Bonchev–Trinajstić information content (AvgIpc) is 2.43. The molecule has 1 amide bonds. The number of rotatable bonds is 4. The van der Waals surface area contributed by atoms with Crippen molar-refractivity contribution in [3.05, 3.63) is 53.0 Å². The van der Waals surface area contributed by atoms with Crippen molar-refractivity contribution in [1.82, 2.24) is 0 Å². The fraction of sp³-hybridized carbons (Fsp3) is 0.0714. The number of nitrogens with one attached hydrogen (secondary N) is 1. The molecule has 0 aliphatic rings. The van der Waals surface area contributed by atoms with Crippen molar-refractivity contribution in [3.8, 4) is 11.5 Å². The first-order valence-corrected chi connectivity index (χ1v) is 7.49. The van der Waals surface area contributed by atoms with Gasteiger partial charge in [0.2, 0.25) is 5.91 Å². The summed E-state index contributed by atoms with van der Waals surface area (Å²) < 4.78 is 6.75. The van der Waals surface area contributed by atoms with Crippen LogP contribution in [-0.4, -0.2) is 11.2 Å². The van der Waals surface area contributed by atoms with E-state index in [1.807, 2.05) is 42.5 Å². The van der Waals surface area contributed by atoms with Crippen LogP contribution >= 0.6 is 31.9 Å². The number of alkyl halides is 1. The molecule has 0 saturated heterocycles. The molecule has 19 heavy (non-hydrogen) atoms. The number of anilines is 1. The van der Waals surface area contributed by atoms with E-state index < -0.39 is 0 Å². The van der Waals surface area contributed by atoms with Gasteiger partial charge in [0.1, 0.15) is 5.75 Å². The molecule has 0 spiro atoms. The van der Waals surface area contributed by atoms with E-state index in [2.05, 4.69) is 37.2 Å². The highest BCUT2D eigenvalue weighted by molar-refractivity contribution is 9.10. The Balaban J connectivity index is 2.20. The molecule has 0 unspecified atom stereocenters. The van der Waals surface area contributed by atoms with Crippen LogP contribution in [-0.2, 0) is 4.79 Å². The largest absolute Gasteiger partial charge is 0.455 e. The van der Waals surface area contributed by atoms with Gasteiger partial charge in [-0.05, 0) is 36.4 Å². The standard InChI is InChI=1S/C14H11Br2NO2/c15-9-14(18)17-12-3-1-2-4-13(12)19-11-7-5-10(16)6-8-11/h1-8H,9H2,(H,17,18).